The first-order valence-electron chi connectivity index (χ1n) is 3.58. The first kappa shape index (κ1) is 9.88. The number of aromatic nitrogens is 2. The molecule has 0 unspecified atom stereocenters. The SMILES string of the molecule is Cc1nc(C)c(Cl)c(N=CNO)n1. The molecule has 0 amide bonds. The highest BCUT2D eigenvalue weighted by molar-refractivity contribution is 6.33. The molecule has 0 saturated carbocycles. The summed E-state index contributed by atoms with van der Waals surface area (Å²) in [5.74, 6) is 0.931. The molecule has 1 heterocycles. The van der Waals surface area contributed by atoms with E-state index in [0.29, 0.717) is 22.4 Å². The van der Waals surface area contributed by atoms with Crippen molar-refractivity contribution in [3.63, 3.8) is 0 Å². The lowest BCUT2D eigenvalue weighted by molar-refractivity contribution is 0.240. The molecule has 0 aliphatic heterocycles. The van der Waals surface area contributed by atoms with E-state index in [-0.39, 0.29) is 0 Å². The Morgan fingerprint density at radius 2 is 2.15 bits per heavy atom. The van der Waals surface area contributed by atoms with E-state index in [4.69, 9.17) is 16.8 Å². The van der Waals surface area contributed by atoms with Gasteiger partial charge in [0.2, 0.25) is 0 Å². The molecule has 5 nitrogen and oxygen atoms in total. The van der Waals surface area contributed by atoms with Crippen molar-refractivity contribution in [2.45, 2.75) is 13.8 Å². The van der Waals surface area contributed by atoms with Crippen LogP contribution in [0.2, 0.25) is 5.02 Å². The van der Waals surface area contributed by atoms with Gasteiger partial charge in [-0.15, -0.1) is 0 Å². The third-order valence-electron chi connectivity index (χ3n) is 1.36. The van der Waals surface area contributed by atoms with E-state index in [2.05, 4.69) is 15.0 Å². The number of hydroxylamine groups is 1. The number of aryl methyl sites for hydroxylation is 2. The molecule has 0 aliphatic rings. The highest BCUT2D eigenvalue weighted by atomic mass is 35.5. The second kappa shape index (κ2) is 4.15. The molecule has 2 N–H and O–H groups in total. The van der Waals surface area contributed by atoms with Gasteiger partial charge in [-0.2, -0.15) is 0 Å². The van der Waals surface area contributed by atoms with E-state index in [9.17, 15) is 0 Å². The minimum atomic E-state index is 0.341. The largest absolute Gasteiger partial charge is 0.290 e. The highest BCUT2D eigenvalue weighted by Gasteiger charge is 2.05. The number of hydrogen-bond donors (Lipinski definition) is 2. The van der Waals surface area contributed by atoms with Crippen molar-refractivity contribution in [2.24, 2.45) is 4.99 Å². The van der Waals surface area contributed by atoms with Crippen LogP contribution in [0.1, 0.15) is 11.5 Å². The van der Waals surface area contributed by atoms with Crippen LogP contribution in [0, 0.1) is 13.8 Å². The predicted molar refractivity (Wildman–Crippen MR) is 49.6 cm³/mol. The van der Waals surface area contributed by atoms with Gasteiger partial charge in [-0.3, -0.25) is 10.7 Å². The Morgan fingerprint density at radius 1 is 1.46 bits per heavy atom. The topological polar surface area (TPSA) is 70.4 Å². The zero-order valence-corrected chi connectivity index (χ0v) is 8.00. The summed E-state index contributed by atoms with van der Waals surface area (Å²) in [7, 11) is 0. The Bertz CT molecular complexity index is 340. The fourth-order valence-electron chi connectivity index (χ4n) is 0.856. The molecule has 0 fully saturated rings. The Morgan fingerprint density at radius 3 is 2.77 bits per heavy atom. The molecule has 0 aliphatic carbocycles. The van der Waals surface area contributed by atoms with E-state index >= 15 is 0 Å². The van der Waals surface area contributed by atoms with Gasteiger partial charge in [0.25, 0.3) is 0 Å². The quantitative estimate of drug-likeness (QED) is 0.430. The lowest BCUT2D eigenvalue weighted by atomic mass is 10.4. The van der Waals surface area contributed by atoms with Crippen LogP contribution in [0.5, 0.6) is 0 Å². The Balaban J connectivity index is 3.12. The molecular formula is C7H9ClN4O. The van der Waals surface area contributed by atoms with Gasteiger partial charge >= 0.3 is 0 Å². The van der Waals surface area contributed by atoms with Crippen molar-refractivity contribution in [2.75, 3.05) is 0 Å². The van der Waals surface area contributed by atoms with Crippen molar-refractivity contribution in [3.05, 3.63) is 16.5 Å². The summed E-state index contributed by atoms with van der Waals surface area (Å²) < 4.78 is 0. The van der Waals surface area contributed by atoms with Gasteiger partial charge in [0.1, 0.15) is 17.2 Å². The maximum Gasteiger partial charge on any atom is 0.176 e. The number of halogens is 1. The number of hydrogen-bond acceptors (Lipinski definition) is 4. The van der Waals surface area contributed by atoms with Gasteiger partial charge in [-0.1, -0.05) is 11.6 Å². The monoisotopic (exact) mass is 200 g/mol. The molecule has 13 heavy (non-hydrogen) atoms. The summed E-state index contributed by atoms with van der Waals surface area (Å²) in [5, 5.41) is 8.66. The minimum absolute atomic E-state index is 0.341. The molecule has 0 aromatic carbocycles. The maximum atomic E-state index is 8.27. The van der Waals surface area contributed by atoms with Crippen molar-refractivity contribution in [3.8, 4) is 0 Å². The number of rotatable bonds is 2. The van der Waals surface area contributed by atoms with Gasteiger partial charge in [-0.05, 0) is 13.8 Å². The summed E-state index contributed by atoms with van der Waals surface area (Å²) in [5.41, 5.74) is 2.44. The highest BCUT2D eigenvalue weighted by Crippen LogP contribution is 2.23. The van der Waals surface area contributed by atoms with E-state index < -0.39 is 0 Å². The zero-order valence-electron chi connectivity index (χ0n) is 7.24. The van der Waals surface area contributed by atoms with Crippen molar-refractivity contribution in [1.29, 1.82) is 0 Å². The molecule has 6 heteroatoms. The molecule has 1 rings (SSSR count). The molecule has 70 valence electrons. The molecular weight excluding hydrogens is 192 g/mol. The van der Waals surface area contributed by atoms with E-state index in [1.54, 1.807) is 19.3 Å². The third-order valence-corrected chi connectivity index (χ3v) is 1.80. The summed E-state index contributed by atoms with van der Waals surface area (Å²) >= 11 is 5.85. The first-order valence-corrected chi connectivity index (χ1v) is 3.96. The van der Waals surface area contributed by atoms with Crippen LogP contribution in [0.25, 0.3) is 0 Å². The Hall–Kier alpha value is -1.20. The molecule has 0 spiro atoms. The lowest BCUT2D eigenvalue weighted by Gasteiger charge is -2.01. The zero-order chi connectivity index (χ0) is 9.84. The van der Waals surface area contributed by atoms with Crippen LogP contribution >= 0.6 is 11.6 Å². The van der Waals surface area contributed by atoms with Gasteiger partial charge in [0.05, 0.1) is 5.69 Å². The molecule has 0 saturated heterocycles. The molecule has 0 bridgehead atoms. The summed E-state index contributed by atoms with van der Waals surface area (Å²) in [6.45, 7) is 3.51. The van der Waals surface area contributed by atoms with Gasteiger partial charge in [0.15, 0.2) is 5.82 Å². The average molecular weight is 201 g/mol. The lowest BCUT2D eigenvalue weighted by Crippen LogP contribution is -2.02. The second-order valence-corrected chi connectivity index (χ2v) is 2.76. The van der Waals surface area contributed by atoms with Crippen LogP contribution < -0.4 is 5.48 Å². The van der Waals surface area contributed by atoms with Crippen molar-refractivity contribution in [1.82, 2.24) is 15.4 Å². The van der Waals surface area contributed by atoms with Crippen LogP contribution in [-0.4, -0.2) is 21.5 Å². The van der Waals surface area contributed by atoms with Crippen LogP contribution in [-0.2, 0) is 0 Å². The normalized spacial score (nSPS) is 10.8. The third kappa shape index (κ3) is 2.37. The molecule has 0 radical (unpaired) electrons. The summed E-state index contributed by atoms with van der Waals surface area (Å²) in [4.78, 5) is 11.8. The fourth-order valence-corrected chi connectivity index (χ4v) is 0.990. The van der Waals surface area contributed by atoms with Gasteiger partial charge in [-0.25, -0.2) is 15.0 Å². The van der Waals surface area contributed by atoms with Gasteiger partial charge in [0, 0.05) is 0 Å². The maximum absolute atomic E-state index is 8.27. The first-order chi connectivity index (χ1) is 6.15. The average Bonchev–Trinajstić information content (AvgIpc) is 2.09. The fraction of sp³-hybridized carbons (Fsp3) is 0.286. The second-order valence-electron chi connectivity index (χ2n) is 2.38. The number of nitrogens with zero attached hydrogens (tertiary/aromatic N) is 3. The van der Waals surface area contributed by atoms with E-state index in [0.717, 1.165) is 6.34 Å². The smallest absolute Gasteiger partial charge is 0.176 e. The van der Waals surface area contributed by atoms with Crippen molar-refractivity contribution < 1.29 is 5.21 Å². The summed E-state index contributed by atoms with van der Waals surface area (Å²) in [6.07, 6.45) is 1.09. The van der Waals surface area contributed by atoms with Crippen LogP contribution in [0.15, 0.2) is 4.99 Å². The standard InChI is InChI=1S/C7H9ClN4O/c1-4-6(8)7(9-3-10-13)12-5(2)11-4/h3,13H,1-2H3,(H,9,10,11,12). The van der Waals surface area contributed by atoms with Crippen LogP contribution in [0.4, 0.5) is 5.82 Å². The van der Waals surface area contributed by atoms with Crippen LogP contribution in [0.3, 0.4) is 0 Å². The molecule has 1 aromatic heterocycles. The Labute approximate surface area is 80.5 Å². The predicted octanol–water partition coefficient (Wildman–Crippen LogP) is 1.39. The number of aliphatic imine (C=N–C) groups is 1. The van der Waals surface area contributed by atoms with Crippen molar-refractivity contribution >= 4 is 23.8 Å². The van der Waals surface area contributed by atoms with Gasteiger partial charge < -0.3 is 0 Å². The Kier molecular flexibility index (Phi) is 3.16. The molecule has 1 aromatic rings. The summed E-state index contributed by atoms with van der Waals surface area (Å²) in [6, 6.07) is 0. The molecule has 0 atom stereocenters. The van der Waals surface area contributed by atoms with E-state index in [1.807, 2.05) is 0 Å². The van der Waals surface area contributed by atoms with E-state index in [1.165, 1.54) is 0 Å². The number of nitrogens with one attached hydrogen (secondary N) is 1. The minimum Gasteiger partial charge on any atom is -0.290 e.